The molecule has 2 saturated heterocycles. The normalized spacial score (nSPS) is 30.5. The number of hydrogen-bond acceptors (Lipinski definition) is 3. The van der Waals surface area contributed by atoms with Crippen molar-refractivity contribution in [3.8, 4) is 0 Å². The zero-order valence-corrected chi connectivity index (χ0v) is 17.5. The van der Waals surface area contributed by atoms with Crippen LogP contribution in [-0.4, -0.2) is 58.8 Å². The van der Waals surface area contributed by atoms with E-state index in [-0.39, 0.29) is 12.8 Å². The summed E-state index contributed by atoms with van der Waals surface area (Å²) >= 11 is 0. The molecule has 4 rings (SSSR count). The molecule has 5 nitrogen and oxygen atoms in total. The van der Waals surface area contributed by atoms with E-state index in [1.54, 1.807) is 42.2 Å². The first-order chi connectivity index (χ1) is 14.2. The smallest absolute Gasteiger partial charge is 0.259 e. The van der Waals surface area contributed by atoms with Gasteiger partial charge in [-0.2, -0.15) is 0 Å². The van der Waals surface area contributed by atoms with Crippen molar-refractivity contribution in [2.45, 2.75) is 50.6 Å². The molecule has 3 aliphatic rings. The quantitative estimate of drug-likeness (QED) is 0.582. The summed E-state index contributed by atoms with van der Waals surface area (Å²) in [5.41, 5.74) is -1.50. The first kappa shape index (κ1) is 21.2. The second-order valence-corrected chi connectivity index (χ2v) is 9.31. The minimum absolute atomic E-state index is 0.137. The number of carbonyl (C=O) groups excluding carboxylic acids is 1. The van der Waals surface area contributed by atoms with Crippen LogP contribution in [0.25, 0.3) is 0 Å². The van der Waals surface area contributed by atoms with E-state index >= 15 is 0 Å². The zero-order chi connectivity index (χ0) is 21.5. The van der Waals surface area contributed by atoms with Gasteiger partial charge in [-0.15, -0.1) is 0 Å². The van der Waals surface area contributed by atoms with Crippen LogP contribution in [0.15, 0.2) is 30.3 Å². The number of hydrogen-bond donors (Lipinski definition) is 2. The Hall–Kier alpha value is -2.02. The first-order valence-electron chi connectivity index (χ1n) is 11.0. The molecule has 4 atom stereocenters. The van der Waals surface area contributed by atoms with E-state index in [4.69, 9.17) is 5.41 Å². The number of amidine groups is 1. The van der Waals surface area contributed by atoms with Gasteiger partial charge in [-0.3, -0.25) is 10.2 Å². The van der Waals surface area contributed by atoms with Crippen molar-refractivity contribution in [3.63, 3.8) is 0 Å². The molecular weight excluding hydrogens is 388 g/mol. The van der Waals surface area contributed by atoms with Crippen molar-refractivity contribution >= 4 is 11.7 Å². The van der Waals surface area contributed by atoms with Crippen molar-refractivity contribution in [2.75, 3.05) is 26.2 Å². The number of nitrogens with zero attached hydrogens (tertiary/aromatic N) is 2. The largest absolute Gasteiger partial charge is 0.375 e. The number of alkyl halides is 2. The Morgan fingerprint density at radius 2 is 1.70 bits per heavy atom. The predicted octanol–water partition coefficient (Wildman–Crippen LogP) is 3.48. The van der Waals surface area contributed by atoms with E-state index in [1.807, 2.05) is 0 Å². The summed E-state index contributed by atoms with van der Waals surface area (Å²) in [5.74, 6) is -2.83. The number of carbonyl (C=O) groups is 1. The van der Waals surface area contributed by atoms with Crippen LogP contribution in [-0.2, 0) is 10.4 Å². The maximum Gasteiger partial charge on any atom is 0.259 e. The van der Waals surface area contributed by atoms with E-state index in [0.717, 1.165) is 25.9 Å². The van der Waals surface area contributed by atoms with Gasteiger partial charge in [0.25, 0.3) is 5.91 Å². The van der Waals surface area contributed by atoms with Crippen LogP contribution in [0.4, 0.5) is 8.78 Å². The molecule has 2 aliphatic heterocycles. The molecule has 7 heteroatoms. The van der Waals surface area contributed by atoms with E-state index in [0.29, 0.717) is 36.3 Å². The molecule has 164 valence electrons. The van der Waals surface area contributed by atoms with Crippen LogP contribution in [0.5, 0.6) is 0 Å². The summed E-state index contributed by atoms with van der Waals surface area (Å²) in [5, 5.41) is 19.6. The minimum atomic E-state index is -2.83. The highest BCUT2D eigenvalue weighted by atomic mass is 19.3. The molecule has 30 heavy (non-hydrogen) atoms. The summed E-state index contributed by atoms with van der Waals surface area (Å²) in [6.07, 6.45) is 1.19. The highest BCUT2D eigenvalue weighted by Gasteiger charge is 2.55. The Balaban J connectivity index is 1.56. The maximum atomic E-state index is 14.0. The van der Waals surface area contributed by atoms with Crippen LogP contribution < -0.4 is 0 Å². The molecule has 0 aromatic heterocycles. The van der Waals surface area contributed by atoms with E-state index in [9.17, 15) is 18.7 Å². The van der Waals surface area contributed by atoms with Crippen LogP contribution in [0.2, 0.25) is 0 Å². The maximum absolute atomic E-state index is 14.0. The van der Waals surface area contributed by atoms with Crippen LogP contribution in [0, 0.1) is 23.2 Å². The Labute approximate surface area is 176 Å². The van der Waals surface area contributed by atoms with Gasteiger partial charge in [-0.05, 0) is 43.6 Å². The number of halogens is 2. The second-order valence-electron chi connectivity index (χ2n) is 9.31. The van der Waals surface area contributed by atoms with Crippen molar-refractivity contribution in [3.05, 3.63) is 35.9 Å². The van der Waals surface area contributed by atoms with E-state index < -0.39 is 29.8 Å². The fourth-order valence-corrected chi connectivity index (χ4v) is 5.62. The third kappa shape index (κ3) is 3.84. The topological polar surface area (TPSA) is 67.6 Å². The Morgan fingerprint density at radius 1 is 1.10 bits per heavy atom. The number of benzene rings is 1. The number of aliphatic hydroxyl groups is 1. The molecular formula is C23H31F2N3O2. The fourth-order valence-electron chi connectivity index (χ4n) is 5.62. The lowest BCUT2D eigenvalue weighted by molar-refractivity contribution is -0.159. The van der Waals surface area contributed by atoms with Gasteiger partial charge in [0, 0.05) is 44.9 Å². The lowest BCUT2D eigenvalue weighted by Gasteiger charge is -2.36. The molecule has 0 unspecified atom stereocenters. The lowest BCUT2D eigenvalue weighted by atomic mass is 9.79. The predicted molar refractivity (Wildman–Crippen MR) is 110 cm³/mol. The number of nitrogens with one attached hydrogen (secondary N) is 1. The van der Waals surface area contributed by atoms with Gasteiger partial charge < -0.3 is 14.9 Å². The van der Waals surface area contributed by atoms with Crippen LogP contribution in [0.3, 0.4) is 0 Å². The van der Waals surface area contributed by atoms with Gasteiger partial charge in [0.1, 0.15) is 0 Å². The molecule has 1 aromatic rings. The number of likely N-dealkylation sites (tertiary alicyclic amines) is 2. The molecule has 3 fully saturated rings. The minimum Gasteiger partial charge on any atom is -0.375 e. The lowest BCUT2D eigenvalue weighted by Crippen LogP contribution is -2.50. The summed E-state index contributed by atoms with van der Waals surface area (Å²) in [6.45, 7) is 4.50. The zero-order valence-electron chi connectivity index (χ0n) is 17.5. The summed E-state index contributed by atoms with van der Waals surface area (Å²) in [4.78, 5) is 17.4. The average molecular weight is 420 g/mol. The van der Waals surface area contributed by atoms with Gasteiger partial charge in [0.15, 0.2) is 5.60 Å². The van der Waals surface area contributed by atoms with Gasteiger partial charge in [-0.25, -0.2) is 8.78 Å². The number of fused-ring (bicyclic) bond motifs is 1. The number of rotatable bonds is 3. The van der Waals surface area contributed by atoms with Crippen molar-refractivity contribution in [2.24, 2.45) is 17.8 Å². The highest BCUT2D eigenvalue weighted by molar-refractivity contribution is 5.87. The van der Waals surface area contributed by atoms with Crippen LogP contribution >= 0.6 is 0 Å². The summed E-state index contributed by atoms with van der Waals surface area (Å²) in [6, 6.07) is 8.62. The van der Waals surface area contributed by atoms with E-state index in [2.05, 4.69) is 4.90 Å². The fraction of sp³-hybridized carbons (Fsp3) is 0.652. The molecule has 1 aromatic carbocycles. The third-order valence-electron chi connectivity index (χ3n) is 7.41. The molecule has 2 heterocycles. The molecule has 0 spiro atoms. The molecule has 1 amide bonds. The van der Waals surface area contributed by atoms with Gasteiger partial charge in [0.2, 0.25) is 5.92 Å². The Bertz CT molecular complexity index is 787. The van der Waals surface area contributed by atoms with Crippen molar-refractivity contribution in [1.29, 1.82) is 5.41 Å². The van der Waals surface area contributed by atoms with Crippen LogP contribution in [0.1, 0.15) is 44.6 Å². The second kappa shape index (κ2) is 7.91. The van der Waals surface area contributed by atoms with Gasteiger partial charge in [-0.1, -0.05) is 30.3 Å². The Morgan fingerprint density at radius 3 is 2.20 bits per heavy atom. The molecule has 1 saturated carbocycles. The standard InChI is InChI=1S/C23H31F2N3O2/c1-16(26)27-11-8-17-14-28(15-18(17)9-12-27)21(29)23(30,19-5-3-2-4-6-19)20-7-10-22(24,25)13-20/h2-6,17-18,20,26,30H,7-15H2,1H3/t17-,18+,20-,23+/m1/s1. The third-order valence-corrected chi connectivity index (χ3v) is 7.41. The monoisotopic (exact) mass is 419 g/mol. The molecule has 0 bridgehead atoms. The van der Waals surface area contributed by atoms with Crippen molar-refractivity contribution < 1.29 is 18.7 Å². The summed E-state index contributed by atoms with van der Waals surface area (Å²) < 4.78 is 28.0. The van der Waals surface area contributed by atoms with Crippen molar-refractivity contribution in [1.82, 2.24) is 9.80 Å². The van der Waals surface area contributed by atoms with Gasteiger partial charge in [0.05, 0.1) is 5.84 Å². The Kier molecular flexibility index (Phi) is 5.60. The SMILES string of the molecule is CC(=N)N1CC[C@@H]2CN(C(=O)[C@](O)(c3ccccc3)[C@@H]3CCC(F)(F)C3)C[C@@H]2CC1. The van der Waals surface area contributed by atoms with E-state index in [1.165, 1.54) is 0 Å². The highest BCUT2D eigenvalue weighted by Crippen LogP contribution is 2.48. The molecule has 1 aliphatic carbocycles. The number of amides is 1. The van der Waals surface area contributed by atoms with Gasteiger partial charge >= 0.3 is 0 Å². The molecule has 2 N–H and O–H groups in total. The molecule has 0 radical (unpaired) electrons. The first-order valence-corrected chi connectivity index (χ1v) is 11.0. The average Bonchev–Trinajstić information content (AvgIpc) is 3.24. The summed E-state index contributed by atoms with van der Waals surface area (Å²) in [7, 11) is 0.